The molecule has 2 aromatic rings. The van der Waals surface area contributed by atoms with Gasteiger partial charge in [-0.05, 0) is 43.0 Å². The second-order valence-electron chi connectivity index (χ2n) is 5.77. The van der Waals surface area contributed by atoms with Crippen molar-refractivity contribution in [2.45, 2.75) is 25.3 Å². The van der Waals surface area contributed by atoms with Gasteiger partial charge in [-0.1, -0.05) is 12.1 Å². The van der Waals surface area contributed by atoms with Gasteiger partial charge in [0.25, 0.3) is 0 Å². The van der Waals surface area contributed by atoms with E-state index in [-0.39, 0.29) is 0 Å². The number of hydrogen-bond acceptors (Lipinski definition) is 4. The monoisotopic (exact) mass is 300 g/mol. The Labute approximate surface area is 129 Å². The minimum absolute atomic E-state index is 0.351. The summed E-state index contributed by atoms with van der Waals surface area (Å²) < 4.78 is 1.99. The Hall–Kier alpha value is -2.21. The van der Waals surface area contributed by atoms with E-state index in [0.717, 1.165) is 32.6 Å². The molecule has 2 heterocycles. The third kappa shape index (κ3) is 3.51. The number of aromatic nitrogens is 3. The molecule has 1 aliphatic rings. The zero-order valence-corrected chi connectivity index (χ0v) is 12.4. The summed E-state index contributed by atoms with van der Waals surface area (Å²) in [5, 5.41) is 16.6. The molecule has 0 amide bonds. The number of carbonyl (C=O) groups is 1. The Balaban J connectivity index is 1.58. The number of hydrogen-bond donors (Lipinski definition) is 1. The lowest BCUT2D eigenvalue weighted by molar-refractivity contribution is 0.0697. The largest absolute Gasteiger partial charge is 0.478 e. The van der Waals surface area contributed by atoms with E-state index in [1.165, 1.54) is 12.0 Å². The second-order valence-corrected chi connectivity index (χ2v) is 5.77. The average molecular weight is 300 g/mol. The van der Waals surface area contributed by atoms with Crippen molar-refractivity contribution in [3.8, 4) is 0 Å². The van der Waals surface area contributed by atoms with Crippen molar-refractivity contribution in [2.24, 2.45) is 0 Å². The Morgan fingerprint density at radius 1 is 1.18 bits per heavy atom. The van der Waals surface area contributed by atoms with Gasteiger partial charge in [0.05, 0.1) is 5.56 Å². The van der Waals surface area contributed by atoms with Gasteiger partial charge in [-0.15, -0.1) is 10.2 Å². The number of aromatic carboxylic acids is 1. The number of carboxylic acid groups (broad SMARTS) is 1. The molecule has 1 unspecified atom stereocenters. The number of benzene rings is 1. The van der Waals surface area contributed by atoms with Crippen molar-refractivity contribution in [2.75, 3.05) is 19.6 Å². The molecule has 0 aliphatic carbocycles. The summed E-state index contributed by atoms with van der Waals surface area (Å²) in [5.74, 6) is -0.386. The van der Waals surface area contributed by atoms with Crippen LogP contribution in [0.2, 0.25) is 0 Å². The normalized spacial score (nSPS) is 19.2. The van der Waals surface area contributed by atoms with Gasteiger partial charge in [0.1, 0.15) is 12.7 Å². The molecule has 0 spiro atoms. The Morgan fingerprint density at radius 3 is 2.59 bits per heavy atom. The van der Waals surface area contributed by atoms with Gasteiger partial charge in [0.15, 0.2) is 0 Å². The van der Waals surface area contributed by atoms with Crippen LogP contribution in [0.5, 0.6) is 0 Å². The van der Waals surface area contributed by atoms with Crippen LogP contribution in [-0.4, -0.2) is 50.4 Å². The summed E-state index contributed by atoms with van der Waals surface area (Å²) >= 11 is 0. The fourth-order valence-corrected chi connectivity index (χ4v) is 3.02. The molecule has 6 nitrogen and oxygen atoms in total. The summed E-state index contributed by atoms with van der Waals surface area (Å²) in [4.78, 5) is 13.4. The highest BCUT2D eigenvalue weighted by molar-refractivity contribution is 5.87. The van der Waals surface area contributed by atoms with Crippen LogP contribution in [0.15, 0.2) is 36.9 Å². The van der Waals surface area contributed by atoms with E-state index in [0.29, 0.717) is 11.5 Å². The second kappa shape index (κ2) is 6.70. The van der Waals surface area contributed by atoms with Crippen molar-refractivity contribution < 1.29 is 9.90 Å². The molecule has 1 aromatic heterocycles. The van der Waals surface area contributed by atoms with Crippen LogP contribution >= 0.6 is 0 Å². The molecule has 1 aromatic carbocycles. The van der Waals surface area contributed by atoms with Crippen molar-refractivity contribution in [1.29, 1.82) is 0 Å². The number of nitrogens with zero attached hydrogens (tertiary/aromatic N) is 4. The number of likely N-dealkylation sites (tertiary alicyclic amines) is 1. The molecule has 0 bridgehead atoms. The van der Waals surface area contributed by atoms with Crippen molar-refractivity contribution >= 4 is 5.97 Å². The molecule has 22 heavy (non-hydrogen) atoms. The highest BCUT2D eigenvalue weighted by Crippen LogP contribution is 2.27. The van der Waals surface area contributed by atoms with Crippen molar-refractivity contribution in [3.05, 3.63) is 48.0 Å². The number of piperidine rings is 1. The third-order valence-corrected chi connectivity index (χ3v) is 4.28. The lowest BCUT2D eigenvalue weighted by atomic mass is 9.90. The fraction of sp³-hybridized carbons (Fsp3) is 0.438. The first-order valence-corrected chi connectivity index (χ1v) is 7.60. The molecule has 3 rings (SSSR count). The maximum atomic E-state index is 10.9. The van der Waals surface area contributed by atoms with Crippen LogP contribution in [0.4, 0.5) is 0 Å². The van der Waals surface area contributed by atoms with Crippen LogP contribution in [0.3, 0.4) is 0 Å². The van der Waals surface area contributed by atoms with E-state index < -0.39 is 5.97 Å². The summed E-state index contributed by atoms with van der Waals surface area (Å²) in [6.45, 7) is 4.03. The minimum atomic E-state index is -0.870. The predicted octanol–water partition coefficient (Wildman–Crippen LogP) is 1.86. The highest BCUT2D eigenvalue weighted by atomic mass is 16.4. The summed E-state index contributed by atoms with van der Waals surface area (Å²) in [6, 6.07) is 7.32. The van der Waals surface area contributed by atoms with E-state index >= 15 is 0 Å². The van der Waals surface area contributed by atoms with Gasteiger partial charge in [0, 0.05) is 19.6 Å². The van der Waals surface area contributed by atoms with Crippen LogP contribution in [0.25, 0.3) is 0 Å². The van der Waals surface area contributed by atoms with Gasteiger partial charge in [0.2, 0.25) is 0 Å². The number of rotatable bonds is 5. The van der Waals surface area contributed by atoms with Gasteiger partial charge in [-0.25, -0.2) is 4.79 Å². The maximum Gasteiger partial charge on any atom is 0.335 e. The molecule has 1 N–H and O–H groups in total. The first-order chi connectivity index (χ1) is 10.7. The first kappa shape index (κ1) is 14.7. The Morgan fingerprint density at radius 2 is 1.91 bits per heavy atom. The molecule has 0 radical (unpaired) electrons. The Bertz CT molecular complexity index is 610. The van der Waals surface area contributed by atoms with E-state index in [9.17, 15) is 4.79 Å². The van der Waals surface area contributed by atoms with Crippen LogP contribution in [-0.2, 0) is 6.54 Å². The quantitative estimate of drug-likeness (QED) is 0.912. The summed E-state index contributed by atoms with van der Waals surface area (Å²) in [6.07, 6.45) is 5.82. The van der Waals surface area contributed by atoms with Gasteiger partial charge < -0.3 is 14.6 Å². The molecular weight excluding hydrogens is 280 g/mol. The first-order valence-electron chi connectivity index (χ1n) is 7.60. The minimum Gasteiger partial charge on any atom is -0.478 e. The SMILES string of the molecule is O=C(O)c1ccc(C2CCCN(CCn3cnnc3)C2)cc1. The zero-order chi connectivity index (χ0) is 15.4. The van der Waals surface area contributed by atoms with Crippen LogP contribution < -0.4 is 0 Å². The average Bonchev–Trinajstić information content (AvgIpc) is 3.07. The maximum absolute atomic E-state index is 10.9. The third-order valence-electron chi connectivity index (χ3n) is 4.28. The smallest absolute Gasteiger partial charge is 0.335 e. The van der Waals surface area contributed by atoms with Gasteiger partial charge in [-0.3, -0.25) is 0 Å². The van der Waals surface area contributed by atoms with Crippen molar-refractivity contribution in [1.82, 2.24) is 19.7 Å². The van der Waals surface area contributed by atoms with Crippen molar-refractivity contribution in [3.63, 3.8) is 0 Å². The molecule has 1 fully saturated rings. The molecule has 0 saturated carbocycles. The molecule has 116 valence electrons. The fourth-order valence-electron chi connectivity index (χ4n) is 3.02. The summed E-state index contributed by atoms with van der Waals surface area (Å²) in [7, 11) is 0. The molecule has 1 aliphatic heterocycles. The van der Waals surface area contributed by atoms with Gasteiger partial charge in [-0.2, -0.15) is 0 Å². The topological polar surface area (TPSA) is 71.2 Å². The van der Waals surface area contributed by atoms with Crippen LogP contribution in [0, 0.1) is 0 Å². The Kier molecular flexibility index (Phi) is 4.48. The lowest BCUT2D eigenvalue weighted by Gasteiger charge is -2.33. The molecular formula is C16H20N4O2. The van der Waals surface area contributed by atoms with Crippen LogP contribution in [0.1, 0.15) is 34.7 Å². The highest BCUT2D eigenvalue weighted by Gasteiger charge is 2.21. The zero-order valence-electron chi connectivity index (χ0n) is 12.4. The van der Waals surface area contributed by atoms with E-state index in [2.05, 4.69) is 15.1 Å². The summed E-state index contributed by atoms with van der Waals surface area (Å²) in [5.41, 5.74) is 1.59. The van der Waals surface area contributed by atoms with E-state index in [1.807, 2.05) is 16.7 Å². The predicted molar refractivity (Wildman–Crippen MR) is 81.8 cm³/mol. The molecule has 6 heteroatoms. The number of carboxylic acids is 1. The molecule has 1 saturated heterocycles. The molecule has 1 atom stereocenters. The van der Waals surface area contributed by atoms with Gasteiger partial charge >= 0.3 is 5.97 Å². The lowest BCUT2D eigenvalue weighted by Crippen LogP contribution is -2.36. The van der Waals surface area contributed by atoms with E-state index in [4.69, 9.17) is 5.11 Å². The standard InChI is InChI=1S/C16H20N4O2/c21-16(22)14-5-3-13(4-6-14)15-2-1-7-19(10-15)8-9-20-11-17-18-12-20/h3-6,11-12,15H,1-2,7-10H2,(H,21,22). The van der Waals surface area contributed by atoms with E-state index in [1.54, 1.807) is 24.8 Å².